The first-order chi connectivity index (χ1) is 7.45. The number of nitrogens with one attached hydrogen (secondary N) is 2. The van der Waals surface area contributed by atoms with Crippen molar-refractivity contribution in [1.82, 2.24) is 10.6 Å². The highest BCUT2D eigenvalue weighted by Gasteiger charge is 2.01. The van der Waals surface area contributed by atoms with Gasteiger partial charge in [-0.25, -0.2) is 0 Å². The van der Waals surface area contributed by atoms with Gasteiger partial charge in [0.05, 0.1) is 6.17 Å². The van der Waals surface area contributed by atoms with E-state index in [-0.39, 0.29) is 6.17 Å². The molecule has 1 atom stereocenters. The summed E-state index contributed by atoms with van der Waals surface area (Å²) < 4.78 is 0. The summed E-state index contributed by atoms with van der Waals surface area (Å²) in [5, 5.41) is 6.65. The summed E-state index contributed by atoms with van der Waals surface area (Å²) in [6.07, 6.45) is 9.46. The van der Waals surface area contributed by atoms with Crippen molar-refractivity contribution < 1.29 is 0 Å². The highest BCUT2D eigenvalue weighted by atomic mass is 15.1. The summed E-state index contributed by atoms with van der Waals surface area (Å²) in [6.45, 7) is 0.986. The predicted molar refractivity (Wildman–Crippen MR) is 63.4 cm³/mol. The lowest BCUT2D eigenvalue weighted by Gasteiger charge is -2.17. The summed E-state index contributed by atoms with van der Waals surface area (Å²) in [4.78, 5) is 0. The van der Waals surface area contributed by atoms with E-state index in [1.54, 1.807) is 0 Å². The third-order valence-electron chi connectivity index (χ3n) is 2.41. The lowest BCUT2D eigenvalue weighted by atomic mass is 10.1. The van der Waals surface area contributed by atoms with Gasteiger partial charge >= 0.3 is 0 Å². The molecule has 2 rings (SSSR count). The molecule has 1 heterocycles. The van der Waals surface area contributed by atoms with Crippen LogP contribution in [0.3, 0.4) is 0 Å². The van der Waals surface area contributed by atoms with Crippen LogP contribution in [0.2, 0.25) is 0 Å². The third-order valence-corrected chi connectivity index (χ3v) is 2.41. The van der Waals surface area contributed by atoms with Crippen molar-refractivity contribution in [3.05, 3.63) is 60.3 Å². The quantitative estimate of drug-likeness (QED) is 0.774. The Morgan fingerprint density at radius 1 is 1.13 bits per heavy atom. The highest BCUT2D eigenvalue weighted by Crippen LogP contribution is 1.99. The Hall–Kier alpha value is -1.54. The molecule has 0 fully saturated rings. The largest absolute Gasteiger partial charge is 0.372 e. The van der Waals surface area contributed by atoms with E-state index < -0.39 is 0 Å². The van der Waals surface area contributed by atoms with Crippen LogP contribution in [0, 0.1) is 0 Å². The first-order valence-electron chi connectivity index (χ1n) is 5.32. The average Bonchev–Trinajstić information content (AvgIpc) is 2.32. The molecule has 78 valence electrons. The van der Waals surface area contributed by atoms with Crippen molar-refractivity contribution in [2.24, 2.45) is 0 Å². The summed E-state index contributed by atoms with van der Waals surface area (Å²) in [5.74, 6) is 0. The smallest absolute Gasteiger partial charge is 0.0959 e. The van der Waals surface area contributed by atoms with Crippen molar-refractivity contribution >= 4 is 0 Å². The molecule has 0 aliphatic carbocycles. The molecule has 1 aromatic carbocycles. The number of dihydropyridines is 1. The number of rotatable bonds is 4. The van der Waals surface area contributed by atoms with Crippen LogP contribution in [0.25, 0.3) is 0 Å². The zero-order chi connectivity index (χ0) is 10.3. The van der Waals surface area contributed by atoms with Crippen molar-refractivity contribution in [2.75, 3.05) is 6.54 Å². The normalized spacial score (nSPS) is 18.8. The van der Waals surface area contributed by atoms with Crippen LogP contribution in [-0.2, 0) is 6.42 Å². The minimum Gasteiger partial charge on any atom is -0.372 e. The monoisotopic (exact) mass is 200 g/mol. The van der Waals surface area contributed by atoms with Gasteiger partial charge in [-0.05, 0) is 30.3 Å². The van der Waals surface area contributed by atoms with Crippen LogP contribution in [-0.4, -0.2) is 12.7 Å². The van der Waals surface area contributed by atoms with E-state index in [4.69, 9.17) is 0 Å². The number of allylic oxidation sites excluding steroid dienone is 2. The van der Waals surface area contributed by atoms with Crippen molar-refractivity contribution in [3.8, 4) is 0 Å². The fourth-order valence-corrected chi connectivity index (χ4v) is 1.59. The maximum Gasteiger partial charge on any atom is 0.0959 e. The maximum absolute atomic E-state index is 3.42. The van der Waals surface area contributed by atoms with Gasteiger partial charge in [-0.2, -0.15) is 0 Å². The Balaban J connectivity index is 1.71. The van der Waals surface area contributed by atoms with Gasteiger partial charge in [0.25, 0.3) is 0 Å². The molecule has 1 aliphatic rings. The third kappa shape index (κ3) is 3.26. The van der Waals surface area contributed by atoms with Gasteiger partial charge in [-0.15, -0.1) is 0 Å². The average molecular weight is 200 g/mol. The molecular formula is C13H16N2. The summed E-state index contributed by atoms with van der Waals surface area (Å²) >= 11 is 0. The molecule has 0 spiro atoms. The Kier molecular flexibility index (Phi) is 3.58. The minimum atomic E-state index is 0.277. The van der Waals surface area contributed by atoms with Gasteiger partial charge in [0.2, 0.25) is 0 Å². The first-order valence-corrected chi connectivity index (χ1v) is 5.32. The predicted octanol–water partition coefficient (Wildman–Crippen LogP) is 1.82. The van der Waals surface area contributed by atoms with Gasteiger partial charge in [0.1, 0.15) is 0 Å². The Labute approximate surface area is 90.7 Å². The molecule has 1 aliphatic heterocycles. The highest BCUT2D eigenvalue weighted by molar-refractivity contribution is 5.15. The molecular weight excluding hydrogens is 184 g/mol. The number of hydrogen-bond donors (Lipinski definition) is 2. The van der Waals surface area contributed by atoms with Gasteiger partial charge in [0, 0.05) is 6.54 Å². The van der Waals surface area contributed by atoms with Crippen LogP contribution in [0.4, 0.5) is 0 Å². The molecule has 0 radical (unpaired) electrons. The molecule has 2 nitrogen and oxygen atoms in total. The van der Waals surface area contributed by atoms with Crippen LogP contribution in [0.5, 0.6) is 0 Å². The molecule has 1 unspecified atom stereocenters. The van der Waals surface area contributed by atoms with E-state index in [9.17, 15) is 0 Å². The van der Waals surface area contributed by atoms with E-state index >= 15 is 0 Å². The van der Waals surface area contributed by atoms with Crippen molar-refractivity contribution in [1.29, 1.82) is 0 Å². The Bertz CT molecular complexity index is 341. The number of benzene rings is 1. The zero-order valence-electron chi connectivity index (χ0n) is 8.69. The molecule has 0 aromatic heterocycles. The van der Waals surface area contributed by atoms with Gasteiger partial charge < -0.3 is 5.32 Å². The zero-order valence-corrected chi connectivity index (χ0v) is 8.69. The summed E-state index contributed by atoms with van der Waals surface area (Å²) in [6, 6.07) is 10.5. The molecule has 2 heteroatoms. The molecule has 0 bridgehead atoms. The lowest BCUT2D eigenvalue weighted by Crippen LogP contribution is -2.39. The van der Waals surface area contributed by atoms with Crippen LogP contribution in [0.15, 0.2) is 54.8 Å². The second-order valence-electron chi connectivity index (χ2n) is 3.58. The Morgan fingerprint density at radius 2 is 2.00 bits per heavy atom. The molecule has 1 aromatic rings. The van der Waals surface area contributed by atoms with E-state index in [2.05, 4.69) is 47.1 Å². The van der Waals surface area contributed by atoms with Gasteiger partial charge in [-0.3, -0.25) is 5.32 Å². The fourth-order valence-electron chi connectivity index (χ4n) is 1.59. The molecule has 2 N–H and O–H groups in total. The molecule has 0 saturated carbocycles. The first kappa shape index (κ1) is 9.99. The van der Waals surface area contributed by atoms with Crippen LogP contribution >= 0.6 is 0 Å². The lowest BCUT2D eigenvalue weighted by molar-refractivity contribution is 0.549. The van der Waals surface area contributed by atoms with Gasteiger partial charge in [-0.1, -0.05) is 36.4 Å². The second-order valence-corrected chi connectivity index (χ2v) is 3.58. The minimum absolute atomic E-state index is 0.277. The Morgan fingerprint density at radius 3 is 2.73 bits per heavy atom. The van der Waals surface area contributed by atoms with E-state index in [0.29, 0.717) is 0 Å². The standard InChI is InChI=1S/C13H16N2/c1-2-6-12(7-3-1)9-11-15-13-8-4-5-10-14-13/h1-8,10,13-15H,9,11H2. The van der Waals surface area contributed by atoms with Crippen molar-refractivity contribution in [3.63, 3.8) is 0 Å². The van der Waals surface area contributed by atoms with E-state index in [0.717, 1.165) is 13.0 Å². The van der Waals surface area contributed by atoms with Crippen LogP contribution < -0.4 is 10.6 Å². The molecule has 0 amide bonds. The summed E-state index contributed by atoms with van der Waals surface area (Å²) in [7, 11) is 0. The fraction of sp³-hybridized carbons (Fsp3) is 0.231. The number of hydrogen-bond acceptors (Lipinski definition) is 2. The SMILES string of the molecule is C1=CNC(NCCc2ccccc2)C=C1. The van der Waals surface area contributed by atoms with Gasteiger partial charge in [0.15, 0.2) is 0 Å². The topological polar surface area (TPSA) is 24.1 Å². The molecule has 15 heavy (non-hydrogen) atoms. The second kappa shape index (κ2) is 5.37. The maximum atomic E-state index is 3.42. The van der Waals surface area contributed by atoms with Crippen LogP contribution in [0.1, 0.15) is 5.56 Å². The van der Waals surface area contributed by atoms with E-state index in [1.807, 2.05) is 18.3 Å². The summed E-state index contributed by atoms with van der Waals surface area (Å²) in [5.41, 5.74) is 1.38. The van der Waals surface area contributed by atoms with E-state index in [1.165, 1.54) is 5.56 Å². The van der Waals surface area contributed by atoms with Crippen molar-refractivity contribution in [2.45, 2.75) is 12.6 Å². The molecule has 0 saturated heterocycles.